The van der Waals surface area contributed by atoms with Gasteiger partial charge in [0.1, 0.15) is 5.03 Å². The van der Waals surface area contributed by atoms with Gasteiger partial charge in [0.05, 0.1) is 11.8 Å². The zero-order chi connectivity index (χ0) is 12.3. The first kappa shape index (κ1) is 11.6. The van der Waals surface area contributed by atoms with Crippen LogP contribution < -0.4 is 0 Å². The zero-order valence-electron chi connectivity index (χ0n) is 9.12. The molecule has 0 unspecified atom stereocenters. The molecule has 2 rings (SSSR count). The number of hydrogen-bond donors (Lipinski definition) is 1. The summed E-state index contributed by atoms with van der Waals surface area (Å²) in [4.78, 5) is 11.7. The summed E-state index contributed by atoms with van der Waals surface area (Å²) in [5.41, 5.74) is 1.30. The van der Waals surface area contributed by atoms with Crippen LogP contribution in [-0.4, -0.2) is 21.3 Å². The molecule has 0 radical (unpaired) electrons. The molecule has 5 heteroatoms. The number of nitrogens with zero attached hydrogens (tertiary/aromatic N) is 2. The summed E-state index contributed by atoms with van der Waals surface area (Å²) >= 11 is 1.40. The maximum atomic E-state index is 10.8. The number of hydrogen-bond acceptors (Lipinski definition) is 4. The summed E-state index contributed by atoms with van der Waals surface area (Å²) in [7, 11) is 0. The van der Waals surface area contributed by atoms with Gasteiger partial charge in [0.15, 0.2) is 0 Å². The molecular formula is C12H10N2O2S. The first-order chi connectivity index (χ1) is 8.15. The Morgan fingerprint density at radius 3 is 2.88 bits per heavy atom. The second kappa shape index (κ2) is 4.97. The second-order valence-electron chi connectivity index (χ2n) is 3.51. The number of carbonyl (C=O) groups is 1. The number of aromatic nitrogens is 2. The third-order valence-electron chi connectivity index (χ3n) is 2.07. The first-order valence-corrected chi connectivity index (χ1v) is 5.77. The Morgan fingerprint density at radius 2 is 2.18 bits per heavy atom. The molecule has 0 aliphatic carbocycles. The molecular weight excluding hydrogens is 236 g/mol. The number of benzene rings is 1. The Kier molecular flexibility index (Phi) is 3.39. The van der Waals surface area contributed by atoms with E-state index < -0.39 is 5.97 Å². The van der Waals surface area contributed by atoms with Crippen LogP contribution in [-0.2, 0) is 0 Å². The molecule has 1 aromatic heterocycles. The molecule has 0 aliphatic rings. The van der Waals surface area contributed by atoms with Crippen LogP contribution in [0.5, 0.6) is 0 Å². The van der Waals surface area contributed by atoms with E-state index >= 15 is 0 Å². The molecule has 0 fully saturated rings. The topological polar surface area (TPSA) is 63.1 Å². The lowest BCUT2D eigenvalue weighted by molar-refractivity contribution is 0.0696. The van der Waals surface area contributed by atoms with Crippen molar-refractivity contribution < 1.29 is 9.90 Å². The van der Waals surface area contributed by atoms with Gasteiger partial charge in [0.25, 0.3) is 0 Å². The van der Waals surface area contributed by atoms with Gasteiger partial charge in [-0.15, -0.1) is 5.10 Å². The number of carboxylic acid groups (broad SMARTS) is 1. The van der Waals surface area contributed by atoms with Crippen LogP contribution in [0.3, 0.4) is 0 Å². The van der Waals surface area contributed by atoms with E-state index in [1.165, 1.54) is 11.8 Å². The van der Waals surface area contributed by atoms with Crippen molar-refractivity contribution in [3.05, 3.63) is 47.7 Å². The Balaban J connectivity index is 2.24. The van der Waals surface area contributed by atoms with Crippen LogP contribution in [0.2, 0.25) is 0 Å². The molecule has 0 aliphatic heterocycles. The number of rotatable bonds is 3. The fourth-order valence-electron chi connectivity index (χ4n) is 1.30. The average Bonchev–Trinajstić information content (AvgIpc) is 2.29. The van der Waals surface area contributed by atoms with E-state index in [0.717, 1.165) is 15.5 Å². The van der Waals surface area contributed by atoms with E-state index in [0.29, 0.717) is 0 Å². The first-order valence-electron chi connectivity index (χ1n) is 4.96. The molecule has 0 amide bonds. The monoisotopic (exact) mass is 246 g/mol. The molecule has 0 saturated carbocycles. The highest BCUT2D eigenvalue weighted by atomic mass is 32.2. The molecule has 0 saturated heterocycles. The van der Waals surface area contributed by atoms with Gasteiger partial charge in [-0.25, -0.2) is 4.79 Å². The van der Waals surface area contributed by atoms with Crippen molar-refractivity contribution in [2.75, 3.05) is 0 Å². The van der Waals surface area contributed by atoms with Crippen LogP contribution in [0, 0.1) is 6.92 Å². The van der Waals surface area contributed by atoms with Gasteiger partial charge < -0.3 is 5.11 Å². The van der Waals surface area contributed by atoms with Gasteiger partial charge >= 0.3 is 5.97 Å². The van der Waals surface area contributed by atoms with Gasteiger partial charge in [0.2, 0.25) is 0 Å². The van der Waals surface area contributed by atoms with Gasteiger partial charge in [0, 0.05) is 4.90 Å². The highest BCUT2D eigenvalue weighted by molar-refractivity contribution is 7.99. The Bertz CT molecular complexity index is 558. The standard InChI is InChI=1S/C12H10N2O2S/c1-8-5-11(14-13-7-8)17-10-4-2-3-9(6-10)12(15)16/h2-7H,1H3,(H,15,16). The minimum Gasteiger partial charge on any atom is -0.478 e. The largest absolute Gasteiger partial charge is 0.478 e. The van der Waals surface area contributed by atoms with E-state index in [-0.39, 0.29) is 5.56 Å². The van der Waals surface area contributed by atoms with Crippen molar-refractivity contribution in [2.45, 2.75) is 16.8 Å². The van der Waals surface area contributed by atoms with E-state index in [4.69, 9.17) is 5.11 Å². The third-order valence-corrected chi connectivity index (χ3v) is 2.97. The molecule has 2 aromatic rings. The summed E-state index contributed by atoms with van der Waals surface area (Å²) in [6.45, 7) is 1.94. The maximum Gasteiger partial charge on any atom is 0.335 e. The van der Waals surface area contributed by atoms with E-state index in [9.17, 15) is 4.79 Å². The number of aromatic carboxylic acids is 1. The Labute approximate surface area is 103 Å². The molecule has 4 nitrogen and oxygen atoms in total. The molecule has 1 heterocycles. The normalized spacial score (nSPS) is 10.2. The van der Waals surface area contributed by atoms with Gasteiger partial charge in [-0.2, -0.15) is 5.10 Å². The number of aryl methyl sites for hydroxylation is 1. The fourth-order valence-corrected chi connectivity index (χ4v) is 2.21. The highest BCUT2D eigenvalue weighted by Gasteiger charge is 2.05. The molecule has 0 spiro atoms. The number of carboxylic acids is 1. The molecule has 86 valence electrons. The van der Waals surface area contributed by atoms with Gasteiger partial charge in [-0.05, 0) is 36.8 Å². The second-order valence-corrected chi connectivity index (χ2v) is 4.60. The van der Waals surface area contributed by atoms with Crippen molar-refractivity contribution in [2.24, 2.45) is 0 Å². The summed E-state index contributed by atoms with van der Waals surface area (Å²) in [5, 5.41) is 17.5. The summed E-state index contributed by atoms with van der Waals surface area (Å²) in [6.07, 6.45) is 1.68. The van der Waals surface area contributed by atoms with Gasteiger partial charge in [-0.3, -0.25) is 0 Å². The maximum absolute atomic E-state index is 10.8. The Hall–Kier alpha value is -1.88. The van der Waals surface area contributed by atoms with Crippen LogP contribution in [0.1, 0.15) is 15.9 Å². The summed E-state index contributed by atoms with van der Waals surface area (Å²) < 4.78 is 0. The van der Waals surface area contributed by atoms with Crippen molar-refractivity contribution in [1.82, 2.24) is 10.2 Å². The molecule has 0 atom stereocenters. The smallest absolute Gasteiger partial charge is 0.335 e. The summed E-state index contributed by atoms with van der Waals surface area (Å²) in [6, 6.07) is 8.66. The van der Waals surface area contributed by atoms with Crippen molar-refractivity contribution in [1.29, 1.82) is 0 Å². The van der Waals surface area contributed by atoms with Crippen molar-refractivity contribution >= 4 is 17.7 Å². The third kappa shape index (κ3) is 3.04. The zero-order valence-corrected chi connectivity index (χ0v) is 9.94. The fraction of sp³-hybridized carbons (Fsp3) is 0.0833. The van der Waals surface area contributed by atoms with E-state index in [1.807, 2.05) is 19.1 Å². The minimum absolute atomic E-state index is 0.274. The lowest BCUT2D eigenvalue weighted by atomic mass is 10.2. The predicted molar refractivity (Wildman–Crippen MR) is 64.3 cm³/mol. The van der Waals surface area contributed by atoms with E-state index in [2.05, 4.69) is 10.2 Å². The quantitative estimate of drug-likeness (QED) is 0.902. The molecule has 1 aromatic carbocycles. The minimum atomic E-state index is -0.928. The lowest BCUT2D eigenvalue weighted by Crippen LogP contribution is -1.95. The average molecular weight is 246 g/mol. The van der Waals surface area contributed by atoms with Crippen molar-refractivity contribution in [3.63, 3.8) is 0 Å². The van der Waals surface area contributed by atoms with Gasteiger partial charge in [-0.1, -0.05) is 17.8 Å². The molecule has 0 bridgehead atoms. The van der Waals surface area contributed by atoms with Crippen LogP contribution in [0.15, 0.2) is 46.5 Å². The Morgan fingerprint density at radius 1 is 1.35 bits per heavy atom. The summed E-state index contributed by atoms with van der Waals surface area (Å²) in [5.74, 6) is -0.928. The lowest BCUT2D eigenvalue weighted by Gasteiger charge is -2.02. The molecule has 1 N–H and O–H groups in total. The highest BCUT2D eigenvalue weighted by Crippen LogP contribution is 2.26. The van der Waals surface area contributed by atoms with Crippen LogP contribution in [0.25, 0.3) is 0 Å². The predicted octanol–water partition coefficient (Wildman–Crippen LogP) is 2.63. The SMILES string of the molecule is Cc1cnnc(Sc2cccc(C(=O)O)c2)c1. The van der Waals surface area contributed by atoms with Crippen molar-refractivity contribution in [3.8, 4) is 0 Å². The molecule has 17 heavy (non-hydrogen) atoms. The van der Waals surface area contributed by atoms with E-state index in [1.54, 1.807) is 24.4 Å². The van der Waals surface area contributed by atoms with Crippen LogP contribution in [0.4, 0.5) is 0 Å². The van der Waals surface area contributed by atoms with Crippen LogP contribution >= 0.6 is 11.8 Å².